The quantitative estimate of drug-likeness (QED) is 0.0398. The average molecular weight is 829 g/mol. The van der Waals surface area contributed by atoms with E-state index in [4.69, 9.17) is 29.5 Å². The fourth-order valence-corrected chi connectivity index (χ4v) is 6.26. The van der Waals surface area contributed by atoms with E-state index in [1.165, 1.54) is 0 Å². The number of esters is 1. The summed E-state index contributed by atoms with van der Waals surface area (Å²) in [7, 11) is 0. The van der Waals surface area contributed by atoms with Gasteiger partial charge in [0.15, 0.2) is 11.2 Å². The zero-order chi connectivity index (χ0) is 42.9. The second-order valence-corrected chi connectivity index (χ2v) is 16.6. The summed E-state index contributed by atoms with van der Waals surface area (Å²) in [6, 6.07) is 24.6. The molecule has 1 fully saturated rings. The van der Waals surface area contributed by atoms with Gasteiger partial charge in [-0.2, -0.15) is 0 Å². The van der Waals surface area contributed by atoms with Gasteiger partial charge in [-0.15, -0.1) is 11.3 Å². The van der Waals surface area contributed by atoms with Crippen molar-refractivity contribution in [1.82, 2.24) is 9.88 Å². The fourth-order valence-electron chi connectivity index (χ4n) is 5.46. The van der Waals surface area contributed by atoms with Crippen molar-refractivity contribution in [2.75, 3.05) is 25.0 Å². The van der Waals surface area contributed by atoms with E-state index in [9.17, 15) is 24.3 Å². The van der Waals surface area contributed by atoms with Crippen molar-refractivity contribution >= 4 is 52.1 Å². The summed E-state index contributed by atoms with van der Waals surface area (Å²) in [5, 5.41) is 16.6. The third-order valence-electron chi connectivity index (χ3n) is 8.19. The van der Waals surface area contributed by atoms with Gasteiger partial charge in [0, 0.05) is 23.5 Å². The Hall–Kier alpha value is -6.49. The third kappa shape index (κ3) is 12.8. The number of anilines is 1. The number of aliphatic imine (C=N–C) groups is 1. The zero-order valence-electron chi connectivity index (χ0n) is 33.8. The molecule has 59 heavy (non-hydrogen) atoms. The third-order valence-corrected chi connectivity index (χ3v) is 9.08. The van der Waals surface area contributed by atoms with Crippen molar-refractivity contribution in [3.8, 4) is 5.75 Å². The first kappa shape index (κ1) is 43.6. The van der Waals surface area contributed by atoms with Crippen molar-refractivity contribution < 1.29 is 48.1 Å². The van der Waals surface area contributed by atoms with E-state index >= 15 is 0 Å². The van der Waals surface area contributed by atoms with Gasteiger partial charge in [0.2, 0.25) is 5.71 Å². The van der Waals surface area contributed by atoms with Crippen LogP contribution in [-0.4, -0.2) is 93.7 Å². The molecular formula is C42H48N6O10S. The van der Waals surface area contributed by atoms with E-state index in [0.717, 1.165) is 11.3 Å². The number of aliphatic carboxylic acids is 1. The number of nitrogens with one attached hydrogen (secondary N) is 1. The maximum absolute atomic E-state index is 14.0. The number of aryl methyl sites for hydroxylation is 1. The topological polar surface area (TPSA) is 214 Å². The highest BCUT2D eigenvalue weighted by Gasteiger charge is 2.34. The van der Waals surface area contributed by atoms with Gasteiger partial charge in [-0.3, -0.25) is 10.3 Å². The van der Waals surface area contributed by atoms with Gasteiger partial charge in [0.05, 0.1) is 6.04 Å². The number of amides is 2. The van der Waals surface area contributed by atoms with Crippen molar-refractivity contribution in [2.45, 2.75) is 77.9 Å². The van der Waals surface area contributed by atoms with E-state index in [1.54, 1.807) is 77.6 Å². The number of likely N-dealkylation sites (tertiary alicyclic amines) is 1. The van der Waals surface area contributed by atoms with Crippen LogP contribution in [0.3, 0.4) is 0 Å². The van der Waals surface area contributed by atoms with Gasteiger partial charge in [-0.05, 0) is 83.9 Å². The van der Waals surface area contributed by atoms with E-state index in [-0.39, 0.29) is 22.7 Å². The van der Waals surface area contributed by atoms with Gasteiger partial charge < -0.3 is 39.5 Å². The molecule has 17 heteroatoms. The van der Waals surface area contributed by atoms with Gasteiger partial charge in [-0.25, -0.2) is 24.2 Å². The summed E-state index contributed by atoms with van der Waals surface area (Å²) in [6.45, 7) is 12.4. The molecule has 1 aliphatic heterocycles. The average Bonchev–Trinajstić information content (AvgIpc) is 3.50. The SMILES string of the molecule is Cc1sc(NC(=O)OC(C)(C)C)nc1/C(=N/OC(COc1ccc(C(N)=NC2CN(C(=O)OC(C)(C)C)C2)cc1)C(=O)OC(c1ccccc1)c1ccccc1)C(=O)O. The maximum atomic E-state index is 14.0. The summed E-state index contributed by atoms with van der Waals surface area (Å²) in [5.74, 6) is -1.82. The number of hydrogen-bond donors (Lipinski definition) is 3. The van der Waals surface area contributed by atoms with Gasteiger partial charge in [-0.1, -0.05) is 65.8 Å². The second-order valence-electron chi connectivity index (χ2n) is 15.4. The molecule has 5 rings (SSSR count). The van der Waals surface area contributed by atoms with E-state index in [0.29, 0.717) is 40.4 Å². The van der Waals surface area contributed by atoms with Gasteiger partial charge in [0.1, 0.15) is 35.1 Å². The molecule has 1 aliphatic rings. The first-order chi connectivity index (χ1) is 27.8. The molecule has 0 radical (unpaired) electrons. The Morgan fingerprint density at radius 2 is 1.47 bits per heavy atom. The van der Waals surface area contributed by atoms with E-state index in [1.807, 2.05) is 60.7 Å². The van der Waals surface area contributed by atoms with Crippen LogP contribution in [0.5, 0.6) is 5.75 Å². The zero-order valence-corrected chi connectivity index (χ0v) is 34.6. The van der Waals surface area contributed by atoms with E-state index in [2.05, 4.69) is 20.4 Å². The molecule has 0 spiro atoms. The molecule has 1 atom stereocenters. The molecule has 312 valence electrons. The standard InChI is InChI=1S/C42H48N6O10S/c1-25-32(45-38(59-25)46-39(52)56-41(2,3)4)33(36(49)50)47-58-31(37(51)55-34(26-14-10-8-11-15-26)27-16-12-9-13-17-27)24-54-30-20-18-28(19-21-30)35(43)44-29-22-48(23-29)40(53)57-42(5,6)7/h8-21,29,31,34H,22-24H2,1-7H3,(H2,43,44)(H,49,50)(H,45,46,52)/b47-33-. The van der Waals surface area contributed by atoms with Crippen LogP contribution in [0.2, 0.25) is 0 Å². The van der Waals surface area contributed by atoms with Crippen LogP contribution in [0.4, 0.5) is 14.7 Å². The Balaban J connectivity index is 1.34. The van der Waals surface area contributed by atoms with Gasteiger partial charge >= 0.3 is 24.1 Å². The number of thiazole rings is 1. The number of rotatable bonds is 14. The highest BCUT2D eigenvalue weighted by Crippen LogP contribution is 2.28. The van der Waals surface area contributed by atoms with Crippen LogP contribution in [0.15, 0.2) is 95.1 Å². The lowest BCUT2D eigenvalue weighted by Gasteiger charge is -2.37. The van der Waals surface area contributed by atoms with E-state index < -0.39 is 59.9 Å². The highest BCUT2D eigenvalue weighted by molar-refractivity contribution is 7.16. The number of nitrogens with two attached hydrogens (primary N) is 1. The number of nitrogens with zero attached hydrogens (tertiary/aromatic N) is 4. The lowest BCUT2D eigenvalue weighted by molar-refractivity contribution is -0.163. The Labute approximate surface area is 346 Å². The number of carbonyl (C=O) groups excluding carboxylic acids is 3. The molecule has 0 aliphatic carbocycles. The molecule has 16 nitrogen and oxygen atoms in total. The molecular weight excluding hydrogens is 781 g/mol. The number of benzene rings is 3. The Morgan fingerprint density at radius 3 is 2.02 bits per heavy atom. The summed E-state index contributed by atoms with van der Waals surface area (Å²) >= 11 is 1.00. The number of hydrogen-bond acceptors (Lipinski definition) is 13. The number of carbonyl (C=O) groups is 4. The Kier molecular flexibility index (Phi) is 13.9. The molecule has 1 unspecified atom stereocenters. The predicted molar refractivity (Wildman–Crippen MR) is 221 cm³/mol. The molecule has 0 saturated carbocycles. The number of amidine groups is 1. The number of oxime groups is 1. The number of carboxylic acids is 1. The number of carboxylic acid groups (broad SMARTS) is 1. The molecule has 1 saturated heterocycles. The first-order valence-corrected chi connectivity index (χ1v) is 19.5. The summed E-state index contributed by atoms with van der Waals surface area (Å²) in [4.78, 5) is 67.5. The van der Waals surface area contributed by atoms with Crippen LogP contribution >= 0.6 is 11.3 Å². The maximum Gasteiger partial charge on any atom is 0.413 e. The van der Waals surface area contributed by atoms with Crippen LogP contribution in [0.1, 0.15) is 74.9 Å². The minimum atomic E-state index is -1.57. The largest absolute Gasteiger partial charge is 0.489 e. The predicted octanol–water partition coefficient (Wildman–Crippen LogP) is 6.71. The molecule has 3 aromatic carbocycles. The first-order valence-electron chi connectivity index (χ1n) is 18.6. The van der Waals surface area contributed by atoms with Crippen molar-refractivity contribution in [1.29, 1.82) is 0 Å². The fraction of sp³-hybridized carbons (Fsp3) is 0.357. The van der Waals surface area contributed by atoms with Crippen LogP contribution in [-0.2, 0) is 28.6 Å². The summed E-state index contributed by atoms with van der Waals surface area (Å²) < 4.78 is 22.7. The van der Waals surface area contributed by atoms with Crippen LogP contribution in [0.25, 0.3) is 0 Å². The van der Waals surface area contributed by atoms with Crippen molar-refractivity contribution in [2.24, 2.45) is 15.9 Å². The van der Waals surface area contributed by atoms with Gasteiger partial charge in [0.25, 0.3) is 6.10 Å². The highest BCUT2D eigenvalue weighted by atomic mass is 32.1. The minimum Gasteiger partial charge on any atom is -0.489 e. The second kappa shape index (κ2) is 18.8. The van der Waals surface area contributed by atoms with Crippen LogP contribution in [0, 0.1) is 6.92 Å². The lowest BCUT2D eigenvalue weighted by Crippen LogP contribution is -2.54. The molecule has 0 bridgehead atoms. The van der Waals surface area contributed by atoms with Crippen molar-refractivity contribution in [3.63, 3.8) is 0 Å². The normalized spacial score (nSPS) is 14.2. The molecule has 2 amide bonds. The number of aromatic nitrogens is 1. The van der Waals surface area contributed by atoms with Crippen molar-refractivity contribution in [3.05, 3.63) is 112 Å². The number of ether oxygens (including phenoxy) is 4. The molecule has 4 aromatic rings. The Morgan fingerprint density at radius 1 is 0.898 bits per heavy atom. The minimum absolute atomic E-state index is 0.0677. The molecule has 1 aromatic heterocycles. The monoisotopic (exact) mass is 828 g/mol. The molecule has 4 N–H and O–H groups in total. The Bertz CT molecular complexity index is 2120. The summed E-state index contributed by atoms with van der Waals surface area (Å²) in [5.41, 5.74) is 6.14. The summed E-state index contributed by atoms with van der Waals surface area (Å²) in [6.07, 6.45) is -3.61. The molecule has 2 heterocycles. The lowest BCUT2D eigenvalue weighted by atomic mass is 10.0. The van der Waals surface area contributed by atoms with Crippen LogP contribution < -0.4 is 15.8 Å². The smallest absolute Gasteiger partial charge is 0.413 e.